The molecule has 0 aliphatic carbocycles. The number of amides is 2. The van der Waals surface area contributed by atoms with Gasteiger partial charge in [0.25, 0.3) is 11.1 Å². The molecule has 0 radical (unpaired) electrons. The van der Waals surface area contributed by atoms with Crippen LogP contribution < -0.4 is 4.74 Å². The first-order valence-electron chi connectivity index (χ1n) is 9.78. The number of benzene rings is 2. The summed E-state index contributed by atoms with van der Waals surface area (Å²) in [5.74, 6) is -0.549. The Morgan fingerprint density at radius 1 is 1.19 bits per heavy atom. The largest absolute Gasteiger partial charge is 0.488 e. The van der Waals surface area contributed by atoms with Gasteiger partial charge in [0.05, 0.1) is 11.0 Å². The van der Waals surface area contributed by atoms with E-state index in [0.717, 1.165) is 26.7 Å². The minimum Gasteiger partial charge on any atom is -0.488 e. The third-order valence-electron chi connectivity index (χ3n) is 4.56. The van der Waals surface area contributed by atoms with Crippen molar-refractivity contribution in [2.45, 2.75) is 33.0 Å². The fraction of sp³-hybridized carbons (Fsp3) is 0.261. The summed E-state index contributed by atoms with van der Waals surface area (Å²) in [4.78, 5) is 38.2. The maximum atomic E-state index is 12.7. The first kappa shape index (κ1) is 23.1. The van der Waals surface area contributed by atoms with Crippen LogP contribution in [0.2, 0.25) is 0 Å². The molecule has 0 saturated carbocycles. The smallest absolute Gasteiger partial charge is 0.326 e. The molecule has 1 aliphatic rings. The Bertz CT molecular complexity index is 1010. The van der Waals surface area contributed by atoms with Gasteiger partial charge < -0.3 is 9.47 Å². The molecule has 0 N–H and O–H groups in total. The number of rotatable bonds is 8. The Kier molecular flexibility index (Phi) is 7.92. The number of halogens is 1. The van der Waals surface area contributed by atoms with E-state index in [0.29, 0.717) is 24.3 Å². The van der Waals surface area contributed by atoms with Crippen LogP contribution >= 0.6 is 27.7 Å². The molecule has 1 heterocycles. The second-order valence-corrected chi connectivity index (χ2v) is 8.84. The van der Waals surface area contributed by atoms with E-state index in [-0.39, 0.29) is 11.0 Å². The van der Waals surface area contributed by atoms with E-state index in [9.17, 15) is 14.4 Å². The second-order valence-electron chi connectivity index (χ2n) is 6.93. The average Bonchev–Trinajstić information content (AvgIpc) is 3.01. The summed E-state index contributed by atoms with van der Waals surface area (Å²) in [6.07, 6.45) is 1.99. The molecule has 3 rings (SSSR count). The molecule has 2 aromatic rings. The zero-order valence-electron chi connectivity index (χ0n) is 17.2. The Hall–Kier alpha value is -2.58. The number of hydrogen-bond acceptors (Lipinski definition) is 6. The van der Waals surface area contributed by atoms with Crippen molar-refractivity contribution in [1.82, 2.24) is 4.90 Å². The third-order valence-corrected chi connectivity index (χ3v) is 5.96. The van der Waals surface area contributed by atoms with E-state index in [1.807, 2.05) is 49.4 Å². The second kappa shape index (κ2) is 10.6. The molecule has 0 bridgehead atoms. The van der Waals surface area contributed by atoms with E-state index >= 15 is 0 Å². The van der Waals surface area contributed by atoms with Crippen LogP contribution in [0.3, 0.4) is 0 Å². The molecule has 8 heteroatoms. The molecule has 1 saturated heterocycles. The Morgan fingerprint density at radius 3 is 2.65 bits per heavy atom. The number of nitrogens with zero attached hydrogens (tertiary/aromatic N) is 1. The van der Waals surface area contributed by atoms with Gasteiger partial charge in [-0.15, -0.1) is 0 Å². The molecule has 6 nitrogen and oxygen atoms in total. The van der Waals surface area contributed by atoms with Crippen molar-refractivity contribution in [3.63, 3.8) is 0 Å². The predicted octanol–water partition coefficient (Wildman–Crippen LogP) is 5.41. The molecule has 31 heavy (non-hydrogen) atoms. The minimum atomic E-state index is -0.604. The number of ether oxygens (including phenoxy) is 2. The molecular weight excluding hydrogens is 482 g/mol. The lowest BCUT2D eigenvalue weighted by Gasteiger charge is -2.15. The van der Waals surface area contributed by atoms with Crippen molar-refractivity contribution in [3.8, 4) is 5.75 Å². The van der Waals surface area contributed by atoms with Gasteiger partial charge in [-0.2, -0.15) is 0 Å². The van der Waals surface area contributed by atoms with Gasteiger partial charge in [-0.1, -0.05) is 53.2 Å². The number of imide groups is 1. The highest BCUT2D eigenvalue weighted by Gasteiger charge is 2.37. The van der Waals surface area contributed by atoms with E-state index in [2.05, 4.69) is 15.9 Å². The third kappa shape index (κ3) is 6.21. The Morgan fingerprint density at radius 2 is 1.94 bits per heavy atom. The van der Waals surface area contributed by atoms with Gasteiger partial charge in [0.2, 0.25) is 0 Å². The highest BCUT2D eigenvalue weighted by molar-refractivity contribution is 9.10. The average molecular weight is 504 g/mol. The maximum absolute atomic E-state index is 12.7. The zero-order valence-corrected chi connectivity index (χ0v) is 19.6. The zero-order chi connectivity index (χ0) is 22.4. The van der Waals surface area contributed by atoms with Crippen molar-refractivity contribution in [1.29, 1.82) is 0 Å². The highest BCUT2D eigenvalue weighted by Crippen LogP contribution is 2.35. The van der Waals surface area contributed by atoms with Crippen molar-refractivity contribution in [2.75, 3.05) is 6.54 Å². The summed E-state index contributed by atoms with van der Waals surface area (Å²) in [6.45, 7) is 3.61. The van der Waals surface area contributed by atoms with Gasteiger partial charge in [0.1, 0.15) is 18.9 Å². The molecule has 0 spiro atoms. The molecule has 2 aromatic carbocycles. The van der Waals surface area contributed by atoms with Gasteiger partial charge in [-0.25, -0.2) is 0 Å². The standard InChI is InChI=1S/C23H22BrNO5S/c1-3-15(2)30-21(26)13-25-22(27)20(31-23(25)28)12-17-11-18(24)9-10-19(17)29-14-16-7-5-4-6-8-16/h4-12,15H,3,13-14H2,1-2H3/b20-12-/t15-/m1/s1. The Balaban J connectivity index is 1.76. The van der Waals surface area contributed by atoms with Crippen molar-refractivity contribution in [2.24, 2.45) is 0 Å². The van der Waals surface area contributed by atoms with Crippen LogP contribution in [0.1, 0.15) is 31.4 Å². The summed E-state index contributed by atoms with van der Waals surface area (Å²) >= 11 is 4.22. The number of carbonyl (C=O) groups is 3. The number of thioether (sulfide) groups is 1. The summed E-state index contributed by atoms with van der Waals surface area (Å²) in [5, 5.41) is -0.501. The fourth-order valence-corrected chi connectivity index (χ4v) is 3.96. The quantitative estimate of drug-likeness (QED) is 0.354. The van der Waals surface area contributed by atoms with Gasteiger partial charge >= 0.3 is 5.97 Å². The normalized spacial score (nSPS) is 16.0. The van der Waals surface area contributed by atoms with Gasteiger partial charge in [-0.05, 0) is 54.9 Å². The highest BCUT2D eigenvalue weighted by atomic mass is 79.9. The lowest BCUT2D eigenvalue weighted by Crippen LogP contribution is -2.35. The van der Waals surface area contributed by atoms with Gasteiger partial charge in [-0.3, -0.25) is 19.3 Å². The number of carbonyl (C=O) groups excluding carboxylic acids is 3. The van der Waals surface area contributed by atoms with Gasteiger partial charge in [0.15, 0.2) is 0 Å². The molecule has 0 aromatic heterocycles. The van der Waals surface area contributed by atoms with Gasteiger partial charge in [0, 0.05) is 10.0 Å². The van der Waals surface area contributed by atoms with Crippen LogP contribution in [0.15, 0.2) is 57.9 Å². The number of hydrogen-bond donors (Lipinski definition) is 0. The number of esters is 1. The Labute approximate surface area is 193 Å². The minimum absolute atomic E-state index is 0.226. The predicted molar refractivity (Wildman–Crippen MR) is 123 cm³/mol. The van der Waals surface area contributed by atoms with Crippen LogP contribution in [0, 0.1) is 0 Å². The summed E-state index contributed by atoms with van der Waals surface area (Å²) < 4.78 is 11.9. The molecule has 1 fully saturated rings. The van der Waals surface area contributed by atoms with Crippen molar-refractivity contribution in [3.05, 3.63) is 69.0 Å². The summed E-state index contributed by atoms with van der Waals surface area (Å²) in [6, 6.07) is 15.2. The van der Waals surface area contributed by atoms with Crippen LogP contribution in [-0.2, 0) is 20.9 Å². The van der Waals surface area contributed by atoms with E-state index in [1.54, 1.807) is 19.1 Å². The lowest BCUT2D eigenvalue weighted by molar-refractivity contribution is -0.150. The van der Waals surface area contributed by atoms with Crippen LogP contribution in [0.5, 0.6) is 5.75 Å². The van der Waals surface area contributed by atoms with Crippen LogP contribution in [0.4, 0.5) is 4.79 Å². The van der Waals surface area contributed by atoms with Crippen molar-refractivity contribution < 1.29 is 23.9 Å². The van der Waals surface area contributed by atoms with Crippen LogP contribution in [-0.4, -0.2) is 34.7 Å². The summed E-state index contributed by atoms with van der Waals surface area (Å²) in [5.41, 5.74) is 1.66. The molecule has 0 unspecified atom stereocenters. The monoisotopic (exact) mass is 503 g/mol. The van der Waals surface area contributed by atoms with E-state index in [1.165, 1.54) is 0 Å². The molecule has 2 amide bonds. The van der Waals surface area contributed by atoms with Crippen LogP contribution in [0.25, 0.3) is 6.08 Å². The maximum Gasteiger partial charge on any atom is 0.326 e. The topological polar surface area (TPSA) is 72.9 Å². The lowest BCUT2D eigenvalue weighted by atomic mass is 10.1. The molecule has 162 valence electrons. The molecule has 1 aliphatic heterocycles. The fourth-order valence-electron chi connectivity index (χ4n) is 2.75. The van der Waals surface area contributed by atoms with E-state index < -0.39 is 23.7 Å². The summed E-state index contributed by atoms with van der Waals surface area (Å²) in [7, 11) is 0. The molecule has 1 atom stereocenters. The first-order valence-corrected chi connectivity index (χ1v) is 11.4. The molecular formula is C23H22BrNO5S. The first-order chi connectivity index (χ1) is 14.9. The van der Waals surface area contributed by atoms with E-state index in [4.69, 9.17) is 9.47 Å². The SMILES string of the molecule is CC[C@@H](C)OC(=O)CN1C(=O)S/C(=C\c2cc(Br)ccc2OCc2ccccc2)C1=O. The van der Waals surface area contributed by atoms with Crippen molar-refractivity contribution >= 4 is 50.9 Å².